The number of nitriles is 1. The lowest BCUT2D eigenvalue weighted by molar-refractivity contribution is -0.0243. The Morgan fingerprint density at radius 3 is 2.65 bits per heavy atom. The maximum Gasteiger partial charge on any atom is 0.188 e. The van der Waals surface area contributed by atoms with Crippen LogP contribution in [-0.2, 0) is 9.47 Å². The van der Waals surface area contributed by atoms with Crippen molar-refractivity contribution in [3.63, 3.8) is 0 Å². The van der Waals surface area contributed by atoms with Gasteiger partial charge in [0.05, 0.1) is 23.8 Å². The van der Waals surface area contributed by atoms with Crippen LogP contribution in [0.1, 0.15) is 41.6 Å². The highest BCUT2D eigenvalue weighted by molar-refractivity contribution is 5.97. The highest BCUT2D eigenvalue weighted by Gasteiger charge is 2.22. The predicted octanol–water partition coefficient (Wildman–Crippen LogP) is 2.72. The number of hydrogen-bond acceptors (Lipinski definition) is 4. The lowest BCUT2D eigenvalue weighted by Gasteiger charge is -2.27. The Morgan fingerprint density at radius 2 is 2.00 bits per heavy atom. The third-order valence-electron chi connectivity index (χ3n) is 3.70. The second-order valence-electron chi connectivity index (χ2n) is 5.07. The number of Topliss-reactive ketones (excluding diaryl/α,β-unsaturated/α-hetero) is 1. The van der Waals surface area contributed by atoms with Crippen molar-refractivity contribution in [3.8, 4) is 6.07 Å². The smallest absolute Gasteiger partial charge is 0.188 e. The third kappa shape index (κ3) is 3.89. The molecule has 1 saturated carbocycles. The highest BCUT2D eigenvalue weighted by Crippen LogP contribution is 2.23. The van der Waals surface area contributed by atoms with E-state index in [-0.39, 0.29) is 24.6 Å². The van der Waals surface area contributed by atoms with Crippen LogP contribution < -0.4 is 0 Å². The first kappa shape index (κ1) is 14.7. The van der Waals surface area contributed by atoms with Gasteiger partial charge in [0.15, 0.2) is 5.78 Å². The summed E-state index contributed by atoms with van der Waals surface area (Å²) in [6.07, 6.45) is 4.35. The lowest BCUT2D eigenvalue weighted by atomic mass is 9.95. The third-order valence-corrected chi connectivity index (χ3v) is 3.70. The molecular formula is C16H19NO3. The number of ketones is 1. The molecule has 4 nitrogen and oxygen atoms in total. The minimum Gasteiger partial charge on any atom is -0.381 e. The summed E-state index contributed by atoms with van der Waals surface area (Å²) in [6, 6.07) is 8.67. The van der Waals surface area contributed by atoms with Crippen molar-refractivity contribution in [1.82, 2.24) is 0 Å². The van der Waals surface area contributed by atoms with Crippen LogP contribution in [0.15, 0.2) is 24.3 Å². The number of carbonyl (C=O) groups excluding carboxylic acids is 1. The van der Waals surface area contributed by atoms with E-state index >= 15 is 0 Å². The van der Waals surface area contributed by atoms with Gasteiger partial charge in [0.25, 0.3) is 0 Å². The van der Waals surface area contributed by atoms with Crippen molar-refractivity contribution in [1.29, 1.82) is 5.26 Å². The number of benzene rings is 1. The molecule has 2 rings (SSSR count). The first-order valence-electron chi connectivity index (χ1n) is 6.90. The lowest BCUT2D eigenvalue weighted by Crippen LogP contribution is -2.29. The van der Waals surface area contributed by atoms with E-state index in [1.54, 1.807) is 31.4 Å². The number of nitrogens with zero attached hydrogens (tertiary/aromatic N) is 1. The van der Waals surface area contributed by atoms with Crippen LogP contribution in [0.25, 0.3) is 0 Å². The fraction of sp³-hybridized carbons (Fsp3) is 0.500. The predicted molar refractivity (Wildman–Crippen MR) is 74.5 cm³/mol. The van der Waals surface area contributed by atoms with Gasteiger partial charge >= 0.3 is 0 Å². The molecule has 4 heteroatoms. The average Bonchev–Trinajstić information content (AvgIpc) is 2.53. The first-order chi connectivity index (χ1) is 9.72. The van der Waals surface area contributed by atoms with Crippen molar-refractivity contribution < 1.29 is 14.3 Å². The standard InChI is InChI=1S/C16H19NO3/c1-19-14-3-2-4-15(9-14)20-11-16(18)13-7-5-12(10-17)6-8-13/h5-8,14-15H,2-4,9,11H2,1H3. The van der Waals surface area contributed by atoms with Crippen LogP contribution in [0.4, 0.5) is 0 Å². The average molecular weight is 273 g/mol. The van der Waals surface area contributed by atoms with Crippen molar-refractivity contribution >= 4 is 5.78 Å². The zero-order valence-electron chi connectivity index (χ0n) is 11.7. The van der Waals surface area contributed by atoms with Gasteiger partial charge in [0, 0.05) is 12.7 Å². The summed E-state index contributed by atoms with van der Waals surface area (Å²) in [4.78, 5) is 12.0. The van der Waals surface area contributed by atoms with Crippen LogP contribution in [0.2, 0.25) is 0 Å². The largest absolute Gasteiger partial charge is 0.381 e. The summed E-state index contributed by atoms with van der Waals surface area (Å²) in [5.74, 6) is -0.0472. The van der Waals surface area contributed by atoms with Crippen molar-refractivity contribution in [3.05, 3.63) is 35.4 Å². The Balaban J connectivity index is 1.83. The Kier molecular flexibility index (Phi) is 5.28. The fourth-order valence-corrected chi connectivity index (χ4v) is 2.48. The summed E-state index contributed by atoms with van der Waals surface area (Å²) in [5, 5.41) is 8.72. The van der Waals surface area contributed by atoms with Crippen molar-refractivity contribution in [2.45, 2.75) is 37.9 Å². The number of hydrogen-bond donors (Lipinski definition) is 0. The van der Waals surface area contributed by atoms with Crippen LogP contribution in [0, 0.1) is 11.3 Å². The Labute approximate surface area is 119 Å². The Morgan fingerprint density at radius 1 is 1.30 bits per heavy atom. The summed E-state index contributed by atoms with van der Waals surface area (Å²) in [6.45, 7) is 0.0903. The minimum atomic E-state index is -0.0472. The maximum atomic E-state index is 12.0. The van der Waals surface area contributed by atoms with E-state index in [4.69, 9.17) is 14.7 Å². The molecule has 2 unspecified atom stereocenters. The second-order valence-corrected chi connectivity index (χ2v) is 5.07. The quantitative estimate of drug-likeness (QED) is 0.774. The minimum absolute atomic E-state index is 0.0472. The SMILES string of the molecule is COC1CCCC(OCC(=O)c2ccc(C#N)cc2)C1. The maximum absolute atomic E-state index is 12.0. The van der Waals surface area contributed by atoms with Crippen LogP contribution in [-0.4, -0.2) is 31.7 Å². The van der Waals surface area contributed by atoms with Gasteiger partial charge in [-0.2, -0.15) is 5.26 Å². The zero-order chi connectivity index (χ0) is 14.4. The summed E-state index contributed by atoms with van der Waals surface area (Å²) >= 11 is 0. The molecule has 0 spiro atoms. The molecule has 106 valence electrons. The van der Waals surface area contributed by atoms with Gasteiger partial charge in [-0.25, -0.2) is 0 Å². The molecule has 0 aliphatic heterocycles. The number of methoxy groups -OCH3 is 1. The summed E-state index contributed by atoms with van der Waals surface area (Å²) in [5.41, 5.74) is 1.14. The molecule has 1 aromatic carbocycles. The zero-order valence-corrected chi connectivity index (χ0v) is 11.7. The molecule has 0 amide bonds. The molecule has 1 aromatic rings. The van der Waals surface area contributed by atoms with E-state index in [1.807, 2.05) is 6.07 Å². The molecule has 1 aliphatic rings. The molecule has 0 saturated heterocycles. The van der Waals surface area contributed by atoms with Gasteiger partial charge in [-0.3, -0.25) is 4.79 Å². The van der Waals surface area contributed by atoms with Crippen molar-refractivity contribution in [2.24, 2.45) is 0 Å². The Hall–Kier alpha value is -1.70. The molecule has 0 heterocycles. The number of carbonyl (C=O) groups is 1. The molecule has 0 aromatic heterocycles. The highest BCUT2D eigenvalue weighted by atomic mass is 16.5. The molecule has 0 bridgehead atoms. The first-order valence-corrected chi connectivity index (χ1v) is 6.90. The molecule has 1 aliphatic carbocycles. The number of rotatable bonds is 5. The van der Waals surface area contributed by atoms with Gasteiger partial charge in [0.1, 0.15) is 6.61 Å². The molecular weight excluding hydrogens is 254 g/mol. The van der Waals surface area contributed by atoms with Crippen molar-refractivity contribution in [2.75, 3.05) is 13.7 Å². The molecule has 0 radical (unpaired) electrons. The van der Waals surface area contributed by atoms with Gasteiger partial charge < -0.3 is 9.47 Å². The van der Waals surface area contributed by atoms with Crippen LogP contribution >= 0.6 is 0 Å². The van der Waals surface area contributed by atoms with Crippen LogP contribution in [0.5, 0.6) is 0 Å². The van der Waals surface area contributed by atoms with E-state index < -0.39 is 0 Å². The molecule has 0 N–H and O–H groups in total. The number of ether oxygens (including phenoxy) is 2. The van der Waals surface area contributed by atoms with E-state index in [9.17, 15) is 4.79 Å². The monoisotopic (exact) mass is 273 g/mol. The summed E-state index contributed by atoms with van der Waals surface area (Å²) < 4.78 is 11.0. The molecule has 20 heavy (non-hydrogen) atoms. The Bertz CT molecular complexity index is 489. The van der Waals surface area contributed by atoms with Crippen LogP contribution in [0.3, 0.4) is 0 Å². The van der Waals surface area contributed by atoms with Gasteiger partial charge in [-0.15, -0.1) is 0 Å². The topological polar surface area (TPSA) is 59.3 Å². The second kappa shape index (κ2) is 7.18. The normalized spacial score (nSPS) is 22.2. The van der Waals surface area contributed by atoms with Gasteiger partial charge in [-0.1, -0.05) is 12.1 Å². The van der Waals surface area contributed by atoms with E-state index in [0.717, 1.165) is 25.7 Å². The summed E-state index contributed by atoms with van der Waals surface area (Å²) in [7, 11) is 1.72. The molecule has 2 atom stereocenters. The fourth-order valence-electron chi connectivity index (χ4n) is 2.48. The molecule has 1 fully saturated rings. The van der Waals surface area contributed by atoms with E-state index in [2.05, 4.69) is 0 Å². The van der Waals surface area contributed by atoms with E-state index in [1.165, 1.54) is 0 Å². The van der Waals surface area contributed by atoms with Gasteiger partial charge in [-0.05, 0) is 37.8 Å². The van der Waals surface area contributed by atoms with Gasteiger partial charge in [0.2, 0.25) is 0 Å². The van der Waals surface area contributed by atoms with E-state index in [0.29, 0.717) is 11.1 Å².